The number of ketones is 1. The van der Waals surface area contributed by atoms with Crippen molar-refractivity contribution in [3.63, 3.8) is 0 Å². The topological polar surface area (TPSA) is 29.5 Å². The van der Waals surface area contributed by atoms with Crippen molar-refractivity contribution in [2.24, 2.45) is 5.92 Å². The van der Waals surface area contributed by atoms with Crippen molar-refractivity contribution >= 4 is 5.78 Å². The van der Waals surface area contributed by atoms with Crippen molar-refractivity contribution in [2.45, 2.75) is 25.7 Å². The summed E-state index contributed by atoms with van der Waals surface area (Å²) in [4.78, 5) is 14.5. The number of benzene rings is 1. The van der Waals surface area contributed by atoms with Crippen LogP contribution in [0.4, 0.5) is 0 Å². The zero-order valence-electron chi connectivity index (χ0n) is 12.4. The molecule has 2 rings (SSSR count). The van der Waals surface area contributed by atoms with Crippen LogP contribution in [0.15, 0.2) is 30.3 Å². The predicted molar refractivity (Wildman–Crippen MR) is 81.0 cm³/mol. The Morgan fingerprint density at radius 3 is 2.90 bits per heavy atom. The van der Waals surface area contributed by atoms with Gasteiger partial charge in [0.2, 0.25) is 0 Å². The van der Waals surface area contributed by atoms with Gasteiger partial charge in [0.15, 0.2) is 5.78 Å². The van der Waals surface area contributed by atoms with Gasteiger partial charge < -0.3 is 9.64 Å². The van der Waals surface area contributed by atoms with Gasteiger partial charge in [0.1, 0.15) is 0 Å². The molecule has 0 amide bonds. The van der Waals surface area contributed by atoms with E-state index < -0.39 is 0 Å². The molecular formula is C17H25NO2. The van der Waals surface area contributed by atoms with E-state index >= 15 is 0 Å². The smallest absolute Gasteiger partial charge is 0.162 e. The van der Waals surface area contributed by atoms with Gasteiger partial charge in [-0.05, 0) is 38.3 Å². The molecule has 1 aliphatic heterocycles. The van der Waals surface area contributed by atoms with Gasteiger partial charge in [0, 0.05) is 25.6 Å². The van der Waals surface area contributed by atoms with Crippen molar-refractivity contribution in [1.82, 2.24) is 4.90 Å². The van der Waals surface area contributed by atoms with Crippen LogP contribution in [0, 0.1) is 5.92 Å². The first-order valence-corrected chi connectivity index (χ1v) is 7.59. The zero-order valence-corrected chi connectivity index (χ0v) is 12.4. The highest BCUT2D eigenvalue weighted by Crippen LogP contribution is 2.17. The van der Waals surface area contributed by atoms with Gasteiger partial charge in [-0.25, -0.2) is 0 Å². The molecule has 1 saturated heterocycles. The Bertz CT molecular complexity index is 403. The molecule has 3 heteroatoms. The van der Waals surface area contributed by atoms with E-state index in [1.54, 1.807) is 7.11 Å². The summed E-state index contributed by atoms with van der Waals surface area (Å²) >= 11 is 0. The quantitative estimate of drug-likeness (QED) is 0.716. The number of likely N-dealkylation sites (tertiary alicyclic amines) is 1. The van der Waals surface area contributed by atoms with Crippen molar-refractivity contribution in [2.75, 3.05) is 33.4 Å². The van der Waals surface area contributed by atoms with Crippen LogP contribution in [-0.2, 0) is 4.74 Å². The van der Waals surface area contributed by atoms with Crippen molar-refractivity contribution < 1.29 is 9.53 Å². The third kappa shape index (κ3) is 4.73. The SMILES string of the molecule is COCC1CCCN(CCCC(=O)c2ccccc2)C1. The molecule has 1 unspecified atom stereocenters. The molecule has 0 aromatic heterocycles. The fourth-order valence-electron chi connectivity index (χ4n) is 2.96. The molecule has 0 saturated carbocycles. The summed E-state index contributed by atoms with van der Waals surface area (Å²) in [5, 5.41) is 0. The van der Waals surface area contributed by atoms with E-state index in [0.717, 1.165) is 31.7 Å². The Labute approximate surface area is 121 Å². The summed E-state index contributed by atoms with van der Waals surface area (Å²) in [5.41, 5.74) is 0.836. The number of carbonyl (C=O) groups excluding carboxylic acids is 1. The average molecular weight is 275 g/mol. The van der Waals surface area contributed by atoms with E-state index in [0.29, 0.717) is 12.3 Å². The molecule has 0 aliphatic carbocycles. The van der Waals surface area contributed by atoms with Gasteiger partial charge >= 0.3 is 0 Å². The van der Waals surface area contributed by atoms with Crippen LogP contribution in [0.1, 0.15) is 36.0 Å². The molecule has 1 heterocycles. The fourth-order valence-corrected chi connectivity index (χ4v) is 2.96. The standard InChI is InChI=1S/C17H25NO2/c1-20-14-15-7-5-11-18(13-15)12-6-10-17(19)16-8-3-2-4-9-16/h2-4,8-9,15H,5-7,10-14H2,1H3. The van der Waals surface area contributed by atoms with Gasteiger partial charge in [-0.3, -0.25) is 4.79 Å². The summed E-state index contributed by atoms with van der Waals surface area (Å²) in [7, 11) is 1.78. The van der Waals surface area contributed by atoms with Crippen LogP contribution < -0.4 is 0 Å². The molecule has 1 atom stereocenters. The Morgan fingerprint density at radius 1 is 1.35 bits per heavy atom. The third-order valence-corrected chi connectivity index (χ3v) is 3.98. The molecule has 0 bridgehead atoms. The number of hydrogen-bond acceptors (Lipinski definition) is 3. The zero-order chi connectivity index (χ0) is 14.2. The Kier molecular flexibility index (Phi) is 6.22. The monoisotopic (exact) mass is 275 g/mol. The fraction of sp³-hybridized carbons (Fsp3) is 0.588. The minimum absolute atomic E-state index is 0.260. The first-order chi connectivity index (χ1) is 9.79. The van der Waals surface area contributed by atoms with Crippen LogP contribution in [0.5, 0.6) is 0 Å². The first-order valence-electron chi connectivity index (χ1n) is 7.59. The molecular weight excluding hydrogens is 250 g/mol. The largest absolute Gasteiger partial charge is 0.384 e. The van der Waals surface area contributed by atoms with Gasteiger partial charge in [0.05, 0.1) is 6.61 Å². The lowest BCUT2D eigenvalue weighted by Gasteiger charge is -2.32. The number of methoxy groups -OCH3 is 1. The summed E-state index contributed by atoms with van der Waals surface area (Å²) in [5.74, 6) is 0.926. The van der Waals surface area contributed by atoms with Crippen LogP contribution >= 0.6 is 0 Å². The highest BCUT2D eigenvalue weighted by atomic mass is 16.5. The summed E-state index contributed by atoms with van der Waals surface area (Å²) in [6.45, 7) is 4.17. The van der Waals surface area contributed by atoms with Crippen LogP contribution in [0.3, 0.4) is 0 Å². The second-order valence-corrected chi connectivity index (χ2v) is 5.66. The maximum atomic E-state index is 12.0. The molecule has 110 valence electrons. The lowest BCUT2D eigenvalue weighted by molar-refractivity contribution is 0.0869. The number of Topliss-reactive ketones (excluding diaryl/α,β-unsaturated/α-hetero) is 1. The second-order valence-electron chi connectivity index (χ2n) is 5.66. The summed E-state index contributed by atoms with van der Waals surface area (Å²) in [6, 6.07) is 9.59. The molecule has 3 nitrogen and oxygen atoms in total. The molecule has 0 radical (unpaired) electrons. The summed E-state index contributed by atoms with van der Waals surface area (Å²) < 4.78 is 5.25. The normalized spacial score (nSPS) is 19.9. The Balaban J connectivity index is 1.69. The lowest BCUT2D eigenvalue weighted by atomic mass is 9.98. The number of ether oxygens (including phenoxy) is 1. The Morgan fingerprint density at radius 2 is 2.15 bits per heavy atom. The van der Waals surface area contributed by atoms with Crippen molar-refractivity contribution in [1.29, 1.82) is 0 Å². The van der Waals surface area contributed by atoms with Gasteiger partial charge in [-0.1, -0.05) is 30.3 Å². The third-order valence-electron chi connectivity index (χ3n) is 3.98. The number of carbonyl (C=O) groups is 1. The molecule has 0 N–H and O–H groups in total. The van der Waals surface area contributed by atoms with Crippen LogP contribution in [0.25, 0.3) is 0 Å². The van der Waals surface area contributed by atoms with Crippen LogP contribution in [-0.4, -0.2) is 44.0 Å². The minimum atomic E-state index is 0.260. The Hall–Kier alpha value is -1.19. The van der Waals surface area contributed by atoms with E-state index in [1.165, 1.54) is 19.4 Å². The molecule has 1 aromatic carbocycles. The maximum Gasteiger partial charge on any atom is 0.162 e. The molecule has 1 aliphatic rings. The van der Waals surface area contributed by atoms with Crippen molar-refractivity contribution in [3.05, 3.63) is 35.9 Å². The van der Waals surface area contributed by atoms with E-state index in [4.69, 9.17) is 4.74 Å². The van der Waals surface area contributed by atoms with Crippen molar-refractivity contribution in [3.8, 4) is 0 Å². The van der Waals surface area contributed by atoms with Gasteiger partial charge in [-0.2, -0.15) is 0 Å². The molecule has 1 fully saturated rings. The molecule has 1 aromatic rings. The van der Waals surface area contributed by atoms with Gasteiger partial charge in [0.25, 0.3) is 0 Å². The minimum Gasteiger partial charge on any atom is -0.384 e. The van der Waals surface area contributed by atoms with E-state index in [2.05, 4.69) is 4.90 Å². The summed E-state index contributed by atoms with van der Waals surface area (Å²) in [6.07, 6.45) is 4.12. The predicted octanol–water partition coefficient (Wildman–Crippen LogP) is 3.01. The van der Waals surface area contributed by atoms with E-state index in [-0.39, 0.29) is 5.78 Å². The highest BCUT2D eigenvalue weighted by Gasteiger charge is 2.19. The molecule has 0 spiro atoms. The van der Waals surface area contributed by atoms with E-state index in [9.17, 15) is 4.79 Å². The van der Waals surface area contributed by atoms with E-state index in [1.807, 2.05) is 30.3 Å². The average Bonchev–Trinajstić information content (AvgIpc) is 2.49. The number of piperidine rings is 1. The number of rotatable bonds is 7. The van der Waals surface area contributed by atoms with Crippen LogP contribution in [0.2, 0.25) is 0 Å². The first kappa shape index (κ1) is 15.2. The lowest BCUT2D eigenvalue weighted by Crippen LogP contribution is -2.37. The number of hydrogen-bond donors (Lipinski definition) is 0. The highest BCUT2D eigenvalue weighted by molar-refractivity contribution is 5.95. The van der Waals surface area contributed by atoms with Gasteiger partial charge in [-0.15, -0.1) is 0 Å². The maximum absolute atomic E-state index is 12.0. The second kappa shape index (κ2) is 8.18. The molecule has 20 heavy (non-hydrogen) atoms. The number of nitrogens with zero attached hydrogens (tertiary/aromatic N) is 1.